The molecule has 0 aliphatic rings. The van der Waals surface area contributed by atoms with Crippen LogP contribution in [0.15, 0.2) is 0 Å². The van der Waals surface area contributed by atoms with Gasteiger partial charge in [0.2, 0.25) is 5.91 Å². The van der Waals surface area contributed by atoms with Gasteiger partial charge in [0.1, 0.15) is 5.60 Å². The molecule has 7 nitrogen and oxygen atoms in total. The molecule has 1 amide bonds. The number of hydrogen-bond donors (Lipinski definition) is 2. The highest BCUT2D eigenvalue weighted by atomic mass is 32.2. The number of amides is 1. The lowest BCUT2D eigenvalue weighted by Crippen LogP contribution is -2.48. The predicted octanol–water partition coefficient (Wildman–Crippen LogP) is 2.35. The van der Waals surface area contributed by atoms with E-state index in [9.17, 15) is 18.0 Å². The molecule has 25 heavy (non-hydrogen) atoms. The van der Waals surface area contributed by atoms with Crippen LogP contribution in [0.1, 0.15) is 66.7 Å². The van der Waals surface area contributed by atoms with Crippen LogP contribution in [0.25, 0.3) is 0 Å². The van der Waals surface area contributed by atoms with E-state index in [0.717, 1.165) is 0 Å². The molecule has 0 saturated carbocycles. The first kappa shape index (κ1) is 24.0. The van der Waals surface area contributed by atoms with Gasteiger partial charge in [0, 0.05) is 13.5 Å². The average Bonchev–Trinajstić information content (AvgIpc) is 2.37. The van der Waals surface area contributed by atoms with Crippen molar-refractivity contribution < 1.29 is 27.3 Å². The molecule has 0 radical (unpaired) electrons. The minimum atomic E-state index is -4.17. The summed E-state index contributed by atoms with van der Waals surface area (Å²) in [4.78, 5) is 24.0. The summed E-state index contributed by atoms with van der Waals surface area (Å²) in [5, 5.41) is 2.60. The average molecular weight is 380 g/mol. The molecule has 0 aromatic carbocycles. The molecule has 0 aromatic rings. The smallest absolute Gasteiger partial charge is 0.267 e. The second kappa shape index (κ2) is 9.64. The molecule has 1 unspecified atom stereocenters. The van der Waals surface area contributed by atoms with Crippen molar-refractivity contribution in [3.63, 3.8) is 0 Å². The number of carbonyl (C=O) groups is 2. The van der Waals surface area contributed by atoms with Crippen LogP contribution in [0.5, 0.6) is 0 Å². The summed E-state index contributed by atoms with van der Waals surface area (Å²) in [7, 11) is -2.63. The van der Waals surface area contributed by atoms with Gasteiger partial charge in [-0.05, 0) is 52.4 Å². The molecule has 2 N–H and O–H groups in total. The Labute approximate surface area is 151 Å². The van der Waals surface area contributed by atoms with Crippen molar-refractivity contribution in [3.8, 4) is 0 Å². The second-order valence-electron chi connectivity index (χ2n) is 7.72. The lowest BCUT2D eigenvalue weighted by atomic mass is 9.84. The minimum Gasteiger partial charge on any atom is -0.370 e. The van der Waals surface area contributed by atoms with E-state index in [1.54, 1.807) is 0 Å². The fourth-order valence-corrected chi connectivity index (χ4v) is 4.02. The Morgan fingerprint density at radius 2 is 1.76 bits per heavy atom. The van der Waals surface area contributed by atoms with E-state index in [-0.39, 0.29) is 18.1 Å². The number of rotatable bonds is 12. The number of ether oxygens (including phenoxy) is 1. The Morgan fingerprint density at radius 3 is 2.16 bits per heavy atom. The van der Waals surface area contributed by atoms with Crippen molar-refractivity contribution >= 4 is 21.8 Å². The molecule has 0 aromatic heterocycles. The summed E-state index contributed by atoms with van der Waals surface area (Å²) in [6, 6.07) is 0. The molecular weight excluding hydrogens is 346 g/mol. The summed E-state index contributed by atoms with van der Waals surface area (Å²) in [6.07, 6.45) is 2.59. The Balaban J connectivity index is 4.50. The van der Waals surface area contributed by atoms with E-state index in [0.29, 0.717) is 31.6 Å². The van der Waals surface area contributed by atoms with Crippen molar-refractivity contribution in [2.75, 3.05) is 12.9 Å². The predicted molar refractivity (Wildman–Crippen MR) is 97.0 cm³/mol. The zero-order valence-electron chi connectivity index (χ0n) is 16.2. The highest BCUT2D eigenvalue weighted by molar-refractivity contribution is 7.85. The standard InChI is InChI=1S/C17H33NO6S/c1-13(2)11-17(24-6,14(3)19)10-8-7-9-15(20)18-16(4,5)12-25(21,22)23/h13H,7-12H2,1-6H3,(H,18,20)(H,21,22,23). The van der Waals surface area contributed by atoms with E-state index in [1.807, 2.05) is 13.8 Å². The Bertz CT molecular complexity index is 555. The van der Waals surface area contributed by atoms with Crippen LogP contribution in [-0.4, -0.2) is 48.7 Å². The van der Waals surface area contributed by atoms with Crippen LogP contribution in [0.3, 0.4) is 0 Å². The zero-order valence-corrected chi connectivity index (χ0v) is 17.0. The zero-order chi connectivity index (χ0) is 19.9. The molecule has 0 heterocycles. The molecule has 148 valence electrons. The van der Waals surface area contributed by atoms with Crippen LogP contribution < -0.4 is 5.32 Å². The molecule has 0 spiro atoms. The molecule has 0 rings (SSSR count). The summed E-state index contributed by atoms with van der Waals surface area (Å²) >= 11 is 0. The molecule has 0 fully saturated rings. The molecule has 8 heteroatoms. The van der Waals surface area contributed by atoms with Crippen LogP contribution in [0.4, 0.5) is 0 Å². The Morgan fingerprint density at radius 1 is 1.20 bits per heavy atom. The topological polar surface area (TPSA) is 110 Å². The summed E-state index contributed by atoms with van der Waals surface area (Å²) in [5.74, 6) is -0.531. The fourth-order valence-electron chi connectivity index (χ4n) is 3.04. The third-order valence-corrected chi connectivity index (χ3v) is 5.11. The first-order chi connectivity index (χ1) is 11.2. The second-order valence-corrected chi connectivity index (χ2v) is 9.17. The van der Waals surface area contributed by atoms with Gasteiger partial charge in [0.05, 0.1) is 11.3 Å². The first-order valence-electron chi connectivity index (χ1n) is 8.55. The van der Waals surface area contributed by atoms with Crippen molar-refractivity contribution in [1.29, 1.82) is 0 Å². The van der Waals surface area contributed by atoms with Gasteiger partial charge in [-0.25, -0.2) is 0 Å². The molecule has 0 aliphatic carbocycles. The maximum atomic E-state index is 12.0. The van der Waals surface area contributed by atoms with Crippen LogP contribution in [0, 0.1) is 5.92 Å². The lowest BCUT2D eigenvalue weighted by Gasteiger charge is -2.31. The highest BCUT2D eigenvalue weighted by Gasteiger charge is 2.35. The van der Waals surface area contributed by atoms with Gasteiger partial charge in [0.25, 0.3) is 10.1 Å². The Hall–Kier alpha value is -0.990. The quantitative estimate of drug-likeness (QED) is 0.398. The number of carbonyl (C=O) groups excluding carboxylic acids is 2. The number of hydrogen-bond acceptors (Lipinski definition) is 5. The van der Waals surface area contributed by atoms with Gasteiger partial charge in [-0.15, -0.1) is 0 Å². The summed E-state index contributed by atoms with van der Waals surface area (Å²) in [5.41, 5.74) is -1.85. The number of unbranched alkanes of at least 4 members (excludes halogenated alkanes) is 1. The van der Waals surface area contributed by atoms with Gasteiger partial charge in [0.15, 0.2) is 5.78 Å². The molecule has 0 saturated heterocycles. The summed E-state index contributed by atoms with van der Waals surface area (Å²) in [6.45, 7) is 8.65. The maximum Gasteiger partial charge on any atom is 0.267 e. The van der Waals surface area contributed by atoms with Crippen molar-refractivity contribution in [1.82, 2.24) is 5.32 Å². The van der Waals surface area contributed by atoms with Crippen LogP contribution in [-0.2, 0) is 24.4 Å². The van der Waals surface area contributed by atoms with E-state index < -0.39 is 27.0 Å². The number of methoxy groups -OCH3 is 1. The maximum absolute atomic E-state index is 12.0. The van der Waals surface area contributed by atoms with E-state index in [1.165, 1.54) is 27.9 Å². The van der Waals surface area contributed by atoms with Gasteiger partial charge < -0.3 is 10.1 Å². The minimum absolute atomic E-state index is 0.0116. The summed E-state index contributed by atoms with van der Waals surface area (Å²) < 4.78 is 36.3. The van der Waals surface area contributed by atoms with Gasteiger partial charge >= 0.3 is 0 Å². The van der Waals surface area contributed by atoms with Crippen molar-refractivity contribution in [3.05, 3.63) is 0 Å². The lowest BCUT2D eigenvalue weighted by molar-refractivity contribution is -0.142. The molecule has 0 bridgehead atoms. The van der Waals surface area contributed by atoms with Crippen LogP contribution >= 0.6 is 0 Å². The van der Waals surface area contributed by atoms with E-state index in [4.69, 9.17) is 9.29 Å². The molecule has 0 aliphatic heterocycles. The van der Waals surface area contributed by atoms with Gasteiger partial charge in [-0.3, -0.25) is 14.1 Å². The molecule has 1 atom stereocenters. The fraction of sp³-hybridized carbons (Fsp3) is 0.882. The van der Waals surface area contributed by atoms with Gasteiger partial charge in [-0.2, -0.15) is 8.42 Å². The van der Waals surface area contributed by atoms with Crippen molar-refractivity contribution in [2.45, 2.75) is 77.9 Å². The monoisotopic (exact) mass is 379 g/mol. The van der Waals surface area contributed by atoms with Gasteiger partial charge in [-0.1, -0.05) is 13.8 Å². The number of nitrogens with one attached hydrogen (secondary N) is 1. The van der Waals surface area contributed by atoms with E-state index in [2.05, 4.69) is 5.32 Å². The van der Waals surface area contributed by atoms with Crippen LogP contribution in [0.2, 0.25) is 0 Å². The third kappa shape index (κ3) is 9.91. The van der Waals surface area contributed by atoms with Crippen molar-refractivity contribution in [2.24, 2.45) is 5.92 Å². The highest BCUT2D eigenvalue weighted by Crippen LogP contribution is 2.28. The number of Topliss-reactive ketones (excluding diaryl/α,β-unsaturated/α-hetero) is 1. The SMILES string of the molecule is COC(CCCCC(=O)NC(C)(C)CS(=O)(=O)O)(CC(C)C)C(C)=O. The van der Waals surface area contributed by atoms with E-state index >= 15 is 0 Å². The largest absolute Gasteiger partial charge is 0.370 e. The Kier molecular flexibility index (Phi) is 9.26. The first-order valence-corrected chi connectivity index (χ1v) is 10.2. The number of ketones is 1. The molecular formula is C17H33NO6S. The normalized spacial score (nSPS) is 15.0. The third-order valence-electron chi connectivity index (χ3n) is 4.03.